The average Bonchev–Trinajstić information content (AvgIpc) is 2.35. The highest BCUT2D eigenvalue weighted by molar-refractivity contribution is 5.84. The van der Waals surface area contributed by atoms with Crippen LogP contribution >= 0.6 is 0 Å². The molecule has 1 aromatic carbocycles. The van der Waals surface area contributed by atoms with Crippen molar-refractivity contribution in [2.75, 3.05) is 20.8 Å². The highest BCUT2D eigenvalue weighted by atomic mass is 16.5. The molecule has 92 valence electrons. The molecule has 0 amide bonds. The Balaban J connectivity index is 2.50. The third-order valence-electron chi connectivity index (χ3n) is 3.11. The normalized spacial score (nSPS) is 18.4. The number of ether oxygens (including phenoxy) is 2. The first-order valence-electron chi connectivity index (χ1n) is 5.66. The summed E-state index contributed by atoms with van der Waals surface area (Å²) < 4.78 is 10.5. The molecular formula is C13H17NO3. The van der Waals surface area contributed by atoms with Crippen LogP contribution in [0.1, 0.15) is 24.1 Å². The van der Waals surface area contributed by atoms with Gasteiger partial charge in [-0.15, -0.1) is 0 Å². The van der Waals surface area contributed by atoms with Crippen molar-refractivity contribution in [3.63, 3.8) is 0 Å². The second-order valence-corrected chi connectivity index (χ2v) is 4.15. The minimum absolute atomic E-state index is 0.123. The highest BCUT2D eigenvalue weighted by Crippen LogP contribution is 2.35. The van der Waals surface area contributed by atoms with Crippen LogP contribution in [0.25, 0.3) is 0 Å². The van der Waals surface area contributed by atoms with Crippen molar-refractivity contribution in [2.45, 2.75) is 19.4 Å². The lowest BCUT2D eigenvalue weighted by molar-refractivity contribution is -0.119. The van der Waals surface area contributed by atoms with E-state index in [0.717, 1.165) is 29.8 Å². The largest absolute Gasteiger partial charge is 0.493 e. The number of fused-ring (bicyclic) bond motifs is 1. The number of ketones is 1. The van der Waals surface area contributed by atoms with Crippen molar-refractivity contribution in [1.82, 2.24) is 5.32 Å². The van der Waals surface area contributed by atoms with E-state index in [4.69, 9.17) is 9.47 Å². The molecule has 0 radical (unpaired) electrons. The maximum atomic E-state index is 11.6. The third-order valence-corrected chi connectivity index (χ3v) is 3.11. The summed E-state index contributed by atoms with van der Waals surface area (Å²) in [7, 11) is 3.22. The summed E-state index contributed by atoms with van der Waals surface area (Å²) in [5.41, 5.74) is 2.16. The minimum Gasteiger partial charge on any atom is -0.493 e. The molecule has 1 atom stereocenters. The van der Waals surface area contributed by atoms with Crippen LogP contribution < -0.4 is 14.8 Å². The van der Waals surface area contributed by atoms with E-state index in [1.807, 2.05) is 12.1 Å². The third kappa shape index (κ3) is 2.13. The molecule has 0 spiro atoms. The molecule has 1 aromatic rings. The van der Waals surface area contributed by atoms with Crippen molar-refractivity contribution in [3.05, 3.63) is 23.3 Å². The summed E-state index contributed by atoms with van der Waals surface area (Å²) in [6, 6.07) is 3.63. The summed E-state index contributed by atoms with van der Waals surface area (Å²) in [6.45, 7) is 2.41. The maximum Gasteiger partial charge on any atom is 0.161 e. The van der Waals surface area contributed by atoms with Crippen LogP contribution in [0.2, 0.25) is 0 Å². The monoisotopic (exact) mass is 235 g/mol. The van der Waals surface area contributed by atoms with Gasteiger partial charge in [-0.3, -0.25) is 4.79 Å². The summed E-state index contributed by atoms with van der Waals surface area (Å²) >= 11 is 0. The first-order chi connectivity index (χ1) is 8.17. The molecule has 0 saturated heterocycles. The molecule has 2 rings (SSSR count). The van der Waals surface area contributed by atoms with Crippen LogP contribution in [0.15, 0.2) is 12.1 Å². The summed E-state index contributed by atoms with van der Waals surface area (Å²) in [5.74, 6) is 1.51. The lowest BCUT2D eigenvalue weighted by Crippen LogP contribution is -2.34. The molecule has 1 aliphatic heterocycles. The van der Waals surface area contributed by atoms with Gasteiger partial charge in [0.1, 0.15) is 0 Å². The fourth-order valence-electron chi connectivity index (χ4n) is 2.25. The van der Waals surface area contributed by atoms with Gasteiger partial charge in [0, 0.05) is 6.54 Å². The highest BCUT2D eigenvalue weighted by Gasteiger charge is 2.25. The van der Waals surface area contributed by atoms with Crippen molar-refractivity contribution < 1.29 is 14.3 Å². The Morgan fingerprint density at radius 2 is 1.94 bits per heavy atom. The van der Waals surface area contributed by atoms with E-state index in [1.54, 1.807) is 21.1 Å². The number of methoxy groups -OCH3 is 2. The van der Waals surface area contributed by atoms with Crippen LogP contribution in [0.3, 0.4) is 0 Å². The lowest BCUT2D eigenvalue weighted by atomic mass is 9.91. The minimum atomic E-state index is -0.224. The van der Waals surface area contributed by atoms with Gasteiger partial charge in [0.05, 0.1) is 20.3 Å². The van der Waals surface area contributed by atoms with Gasteiger partial charge in [-0.2, -0.15) is 0 Å². The smallest absolute Gasteiger partial charge is 0.161 e. The number of hydrogen-bond acceptors (Lipinski definition) is 4. The summed E-state index contributed by atoms with van der Waals surface area (Å²) in [5, 5.41) is 3.22. The molecule has 1 aliphatic rings. The molecule has 4 nitrogen and oxygen atoms in total. The zero-order chi connectivity index (χ0) is 12.4. The molecule has 0 saturated carbocycles. The molecule has 1 N–H and O–H groups in total. The predicted molar refractivity (Wildman–Crippen MR) is 64.7 cm³/mol. The molecule has 0 bridgehead atoms. The molecule has 0 aromatic heterocycles. The van der Waals surface area contributed by atoms with E-state index >= 15 is 0 Å². The van der Waals surface area contributed by atoms with Gasteiger partial charge < -0.3 is 14.8 Å². The van der Waals surface area contributed by atoms with E-state index in [2.05, 4.69) is 5.32 Å². The van der Waals surface area contributed by atoms with E-state index in [9.17, 15) is 4.79 Å². The van der Waals surface area contributed by atoms with Gasteiger partial charge in [-0.25, -0.2) is 0 Å². The second-order valence-electron chi connectivity index (χ2n) is 4.15. The maximum absolute atomic E-state index is 11.6. The Labute approximate surface area is 101 Å². The zero-order valence-electron chi connectivity index (χ0n) is 10.4. The zero-order valence-corrected chi connectivity index (χ0v) is 10.4. The van der Waals surface area contributed by atoms with Gasteiger partial charge in [-0.1, -0.05) is 0 Å². The van der Waals surface area contributed by atoms with Crippen LogP contribution in [-0.4, -0.2) is 26.5 Å². The Morgan fingerprint density at radius 1 is 1.29 bits per heavy atom. The molecule has 0 aliphatic carbocycles. The van der Waals surface area contributed by atoms with Crippen molar-refractivity contribution in [1.29, 1.82) is 0 Å². The van der Waals surface area contributed by atoms with Gasteiger partial charge in [0.15, 0.2) is 17.3 Å². The number of Topliss-reactive ketones (excluding diaryl/α,β-unsaturated/α-hetero) is 1. The number of rotatable bonds is 3. The van der Waals surface area contributed by atoms with E-state index in [0.29, 0.717) is 5.75 Å². The molecule has 17 heavy (non-hydrogen) atoms. The molecule has 1 unspecified atom stereocenters. The Bertz CT molecular complexity index is 443. The van der Waals surface area contributed by atoms with Crippen molar-refractivity contribution >= 4 is 5.78 Å². The van der Waals surface area contributed by atoms with Crippen LogP contribution in [0.5, 0.6) is 11.5 Å². The van der Waals surface area contributed by atoms with E-state index in [-0.39, 0.29) is 11.8 Å². The van der Waals surface area contributed by atoms with Crippen LogP contribution in [0.4, 0.5) is 0 Å². The predicted octanol–water partition coefficient (Wildman–Crippen LogP) is 1.48. The first-order valence-corrected chi connectivity index (χ1v) is 5.66. The standard InChI is InChI=1S/C13H17NO3/c1-8(15)13-10-7-12(17-3)11(16-2)6-9(10)4-5-14-13/h6-7,13-14H,4-5H2,1-3H3. The Kier molecular flexibility index (Phi) is 3.33. The fourth-order valence-corrected chi connectivity index (χ4v) is 2.25. The summed E-state index contributed by atoms with van der Waals surface area (Å²) in [6.07, 6.45) is 0.902. The van der Waals surface area contributed by atoms with Crippen molar-refractivity contribution in [2.24, 2.45) is 0 Å². The van der Waals surface area contributed by atoms with Gasteiger partial charge in [0.2, 0.25) is 0 Å². The SMILES string of the molecule is COc1cc2c(cc1OC)C(C(C)=O)NCC2. The van der Waals surface area contributed by atoms with Gasteiger partial charge in [0.25, 0.3) is 0 Å². The average molecular weight is 235 g/mol. The quantitative estimate of drug-likeness (QED) is 0.862. The lowest BCUT2D eigenvalue weighted by Gasteiger charge is -2.26. The number of nitrogens with one attached hydrogen (secondary N) is 1. The fraction of sp³-hybridized carbons (Fsp3) is 0.462. The molecule has 0 fully saturated rings. The molecule has 1 heterocycles. The first kappa shape index (κ1) is 11.9. The topological polar surface area (TPSA) is 47.6 Å². The Morgan fingerprint density at radius 3 is 2.53 bits per heavy atom. The van der Waals surface area contributed by atoms with E-state index in [1.165, 1.54) is 0 Å². The number of hydrogen-bond donors (Lipinski definition) is 1. The number of carbonyl (C=O) groups is 1. The summed E-state index contributed by atoms with van der Waals surface area (Å²) in [4.78, 5) is 11.6. The van der Waals surface area contributed by atoms with Crippen LogP contribution in [-0.2, 0) is 11.2 Å². The van der Waals surface area contributed by atoms with E-state index < -0.39 is 0 Å². The second kappa shape index (κ2) is 4.75. The van der Waals surface area contributed by atoms with Crippen LogP contribution in [0, 0.1) is 0 Å². The Hall–Kier alpha value is -1.55. The van der Waals surface area contributed by atoms with Gasteiger partial charge in [-0.05, 0) is 36.6 Å². The molecule has 4 heteroatoms. The van der Waals surface area contributed by atoms with Gasteiger partial charge >= 0.3 is 0 Å². The number of carbonyl (C=O) groups excluding carboxylic acids is 1. The molecular weight excluding hydrogens is 218 g/mol. The number of benzene rings is 1. The van der Waals surface area contributed by atoms with Crippen molar-refractivity contribution in [3.8, 4) is 11.5 Å².